The van der Waals surface area contributed by atoms with Gasteiger partial charge in [0.1, 0.15) is 5.82 Å². The van der Waals surface area contributed by atoms with Gasteiger partial charge in [0.15, 0.2) is 17.5 Å². The molecule has 0 atom stereocenters. The Labute approximate surface area is 187 Å². The molecule has 7 heteroatoms. The predicted octanol–water partition coefficient (Wildman–Crippen LogP) is 4.49. The highest BCUT2D eigenvalue weighted by Crippen LogP contribution is 2.32. The van der Waals surface area contributed by atoms with Crippen LogP contribution in [0.4, 0.5) is 10.1 Å². The molecule has 0 saturated heterocycles. The van der Waals surface area contributed by atoms with Crippen molar-refractivity contribution in [3.8, 4) is 11.5 Å². The first kappa shape index (κ1) is 21.6. The van der Waals surface area contributed by atoms with E-state index in [1.807, 2.05) is 49.4 Å². The van der Waals surface area contributed by atoms with Crippen molar-refractivity contribution in [3.63, 3.8) is 0 Å². The van der Waals surface area contributed by atoms with E-state index in [2.05, 4.69) is 15.6 Å². The summed E-state index contributed by atoms with van der Waals surface area (Å²) in [5.41, 5.74) is 3.60. The molecule has 2 N–H and O–H groups in total. The first-order valence-corrected chi connectivity index (χ1v) is 10.8. The lowest BCUT2D eigenvalue weighted by Crippen LogP contribution is -2.32. The van der Waals surface area contributed by atoms with Crippen molar-refractivity contribution in [2.75, 3.05) is 25.1 Å². The maximum atomic E-state index is 13.5. The Balaban J connectivity index is 1.47. The lowest BCUT2D eigenvalue weighted by molar-refractivity contribution is 0.297. The van der Waals surface area contributed by atoms with E-state index in [1.165, 1.54) is 6.07 Å². The molecule has 0 spiro atoms. The summed E-state index contributed by atoms with van der Waals surface area (Å²) in [5, 5.41) is 6.66. The first-order chi connectivity index (χ1) is 15.7. The Hall–Kier alpha value is -3.61. The molecule has 1 aliphatic heterocycles. The summed E-state index contributed by atoms with van der Waals surface area (Å²) in [4.78, 5) is 9.21. The third-order valence-electron chi connectivity index (χ3n) is 4.95. The second-order valence-electron chi connectivity index (χ2n) is 7.58. The van der Waals surface area contributed by atoms with Crippen molar-refractivity contribution in [3.05, 3.63) is 83.4 Å². The minimum Gasteiger partial charge on any atom is -0.490 e. The number of nitrogens with zero attached hydrogens (tertiary/aromatic N) is 2. The lowest BCUT2D eigenvalue weighted by atomic mass is 10.1. The first-order valence-electron chi connectivity index (χ1n) is 10.8. The number of pyridine rings is 1. The quantitative estimate of drug-likeness (QED) is 0.442. The highest BCUT2D eigenvalue weighted by Gasteiger charge is 2.11. The molecule has 2 aromatic carbocycles. The van der Waals surface area contributed by atoms with Crippen LogP contribution in [0.5, 0.6) is 11.5 Å². The van der Waals surface area contributed by atoms with Crippen LogP contribution in [0, 0.1) is 12.7 Å². The van der Waals surface area contributed by atoms with Crippen LogP contribution in [0.15, 0.2) is 65.7 Å². The molecule has 0 aliphatic carbocycles. The summed E-state index contributed by atoms with van der Waals surface area (Å²) in [6, 6.07) is 18.3. The highest BCUT2D eigenvalue weighted by atomic mass is 19.1. The number of hydrogen-bond donors (Lipinski definition) is 2. The van der Waals surface area contributed by atoms with Crippen molar-refractivity contribution >= 4 is 11.6 Å². The van der Waals surface area contributed by atoms with E-state index in [4.69, 9.17) is 14.5 Å². The van der Waals surface area contributed by atoms with Crippen molar-refractivity contribution in [2.45, 2.75) is 26.3 Å². The third kappa shape index (κ3) is 6.20. The summed E-state index contributed by atoms with van der Waals surface area (Å²) < 4.78 is 25.0. The van der Waals surface area contributed by atoms with E-state index in [1.54, 1.807) is 12.1 Å². The number of ether oxygens (including phenoxy) is 2. The van der Waals surface area contributed by atoms with E-state index in [9.17, 15) is 4.39 Å². The van der Waals surface area contributed by atoms with E-state index in [-0.39, 0.29) is 5.82 Å². The predicted molar refractivity (Wildman–Crippen MR) is 124 cm³/mol. The summed E-state index contributed by atoms with van der Waals surface area (Å²) in [6.07, 6.45) is 1.53. The topological polar surface area (TPSA) is 67.8 Å². The molecule has 4 rings (SSSR count). The second kappa shape index (κ2) is 10.6. The zero-order valence-electron chi connectivity index (χ0n) is 18.1. The van der Waals surface area contributed by atoms with Crippen LogP contribution in [0.25, 0.3) is 0 Å². The summed E-state index contributed by atoms with van der Waals surface area (Å²) >= 11 is 0. The number of nitrogens with one attached hydrogen (secondary N) is 2. The van der Waals surface area contributed by atoms with E-state index >= 15 is 0 Å². The number of guanidine groups is 1. The van der Waals surface area contributed by atoms with Gasteiger partial charge >= 0.3 is 0 Å². The highest BCUT2D eigenvalue weighted by molar-refractivity contribution is 5.94. The van der Waals surface area contributed by atoms with Gasteiger partial charge in [0.2, 0.25) is 0 Å². The molecule has 0 saturated carbocycles. The Morgan fingerprint density at radius 3 is 2.72 bits per heavy atom. The maximum Gasteiger partial charge on any atom is 0.196 e. The lowest BCUT2D eigenvalue weighted by Gasteiger charge is -2.15. The van der Waals surface area contributed by atoms with Crippen molar-refractivity contribution < 1.29 is 13.9 Å². The molecule has 1 aliphatic rings. The number of anilines is 1. The number of hydrogen-bond acceptors (Lipinski definition) is 4. The molecule has 1 aromatic heterocycles. The number of aliphatic imine (C=N–C) groups is 1. The average Bonchev–Trinajstić information content (AvgIpc) is 3.02. The van der Waals surface area contributed by atoms with Gasteiger partial charge in [-0.1, -0.05) is 18.2 Å². The fraction of sp³-hybridized carbons (Fsp3) is 0.280. The smallest absolute Gasteiger partial charge is 0.196 e. The zero-order valence-corrected chi connectivity index (χ0v) is 18.1. The van der Waals surface area contributed by atoms with Crippen LogP contribution in [-0.2, 0) is 13.0 Å². The maximum absolute atomic E-state index is 13.5. The Bertz CT molecular complexity index is 1090. The molecule has 0 unspecified atom stereocenters. The Morgan fingerprint density at radius 2 is 1.88 bits per heavy atom. The SMILES string of the molecule is Cc1cccc(CN=C(NCCc2cccc(F)c2)Nc2ccc3c(c2)OCCCO3)n1. The summed E-state index contributed by atoms with van der Waals surface area (Å²) in [7, 11) is 0. The molecular weight excluding hydrogens is 407 g/mol. The number of halogens is 1. The molecule has 0 amide bonds. The standard InChI is InChI=1S/C25H27FN4O2/c1-18-5-2-8-22(29-18)17-28-25(27-12-11-19-6-3-7-20(26)15-19)30-21-9-10-23-24(16-21)32-14-4-13-31-23/h2-3,5-10,15-16H,4,11-14,17H2,1H3,(H2,27,28,30). The van der Waals surface area contributed by atoms with Gasteiger partial charge in [-0.3, -0.25) is 4.98 Å². The Kier molecular flexibility index (Phi) is 7.17. The van der Waals surface area contributed by atoms with Crippen LogP contribution in [0.3, 0.4) is 0 Å². The number of fused-ring (bicyclic) bond motifs is 1. The number of aromatic nitrogens is 1. The number of rotatable bonds is 6. The monoisotopic (exact) mass is 434 g/mol. The van der Waals surface area contributed by atoms with Crippen LogP contribution in [0.1, 0.15) is 23.4 Å². The van der Waals surface area contributed by atoms with Crippen LogP contribution in [-0.4, -0.2) is 30.7 Å². The van der Waals surface area contributed by atoms with Crippen molar-refractivity contribution in [1.82, 2.24) is 10.3 Å². The minimum absolute atomic E-state index is 0.229. The van der Waals surface area contributed by atoms with Gasteiger partial charge in [-0.05, 0) is 55.3 Å². The number of aryl methyl sites for hydroxylation is 1. The average molecular weight is 435 g/mol. The largest absolute Gasteiger partial charge is 0.490 e. The molecule has 166 valence electrons. The number of benzene rings is 2. The van der Waals surface area contributed by atoms with Crippen LogP contribution >= 0.6 is 0 Å². The zero-order chi connectivity index (χ0) is 22.2. The van der Waals surface area contributed by atoms with Gasteiger partial charge in [0.25, 0.3) is 0 Å². The van der Waals surface area contributed by atoms with Gasteiger partial charge in [-0.25, -0.2) is 9.38 Å². The van der Waals surface area contributed by atoms with Crippen LogP contribution < -0.4 is 20.1 Å². The fourth-order valence-electron chi connectivity index (χ4n) is 3.38. The summed E-state index contributed by atoms with van der Waals surface area (Å²) in [5.74, 6) is 1.84. The molecule has 3 aromatic rings. The summed E-state index contributed by atoms with van der Waals surface area (Å²) in [6.45, 7) is 4.27. The molecule has 2 heterocycles. The van der Waals surface area contributed by atoms with E-state index in [0.29, 0.717) is 44.4 Å². The van der Waals surface area contributed by atoms with E-state index in [0.717, 1.165) is 34.8 Å². The molecule has 0 fully saturated rings. The van der Waals surface area contributed by atoms with Crippen LogP contribution in [0.2, 0.25) is 0 Å². The van der Waals surface area contributed by atoms with Crippen molar-refractivity contribution in [1.29, 1.82) is 0 Å². The van der Waals surface area contributed by atoms with Gasteiger partial charge in [0.05, 0.1) is 25.5 Å². The normalized spacial score (nSPS) is 13.4. The van der Waals surface area contributed by atoms with E-state index < -0.39 is 0 Å². The van der Waals surface area contributed by atoms with Crippen molar-refractivity contribution in [2.24, 2.45) is 4.99 Å². The molecular formula is C25H27FN4O2. The second-order valence-corrected chi connectivity index (χ2v) is 7.58. The molecule has 6 nitrogen and oxygen atoms in total. The Morgan fingerprint density at radius 1 is 1.03 bits per heavy atom. The van der Waals surface area contributed by atoms with Gasteiger partial charge in [-0.15, -0.1) is 0 Å². The minimum atomic E-state index is -0.229. The molecule has 32 heavy (non-hydrogen) atoms. The van der Waals surface area contributed by atoms with Gasteiger partial charge in [-0.2, -0.15) is 0 Å². The fourth-order valence-corrected chi connectivity index (χ4v) is 3.38. The molecule has 0 bridgehead atoms. The third-order valence-corrected chi connectivity index (χ3v) is 4.95. The molecule has 0 radical (unpaired) electrons. The van der Waals surface area contributed by atoms with Gasteiger partial charge < -0.3 is 20.1 Å². The van der Waals surface area contributed by atoms with Gasteiger partial charge in [0, 0.05) is 30.4 Å².